The Hall–Kier alpha value is -2.17. The molecular formula is C15H18F6N4O. The van der Waals surface area contributed by atoms with Gasteiger partial charge >= 0.3 is 12.5 Å². The van der Waals surface area contributed by atoms with Gasteiger partial charge < -0.3 is 15.8 Å². The summed E-state index contributed by atoms with van der Waals surface area (Å²) in [6, 6.07) is 4.92. The minimum atomic E-state index is -4.77. The monoisotopic (exact) mass is 384 g/mol. The number of ether oxygens (including phenoxy) is 1. The number of anilines is 1. The van der Waals surface area contributed by atoms with Gasteiger partial charge in [0.05, 0.1) is 6.54 Å². The van der Waals surface area contributed by atoms with Crippen molar-refractivity contribution in [2.24, 2.45) is 16.6 Å². The first kappa shape index (κ1) is 20.1. The molecule has 1 fully saturated rings. The van der Waals surface area contributed by atoms with E-state index in [1.807, 2.05) is 0 Å². The van der Waals surface area contributed by atoms with Crippen LogP contribution in [0, 0.1) is 5.92 Å². The van der Waals surface area contributed by atoms with Crippen molar-refractivity contribution in [2.45, 2.75) is 19.0 Å². The van der Waals surface area contributed by atoms with E-state index in [2.05, 4.69) is 15.0 Å². The highest BCUT2D eigenvalue weighted by Gasteiger charge is 2.34. The maximum absolute atomic E-state index is 12.3. The number of benzene rings is 1. The van der Waals surface area contributed by atoms with E-state index in [1.165, 1.54) is 17.0 Å². The van der Waals surface area contributed by atoms with Gasteiger partial charge in [-0.1, -0.05) is 0 Å². The van der Waals surface area contributed by atoms with Gasteiger partial charge in [0.2, 0.25) is 0 Å². The standard InChI is InChI=1S/C15H18F6N4O/c16-14(17,18)9-25-6-5-10(8-25)7-23-13(22)24-11-1-3-12(4-2-11)26-15(19,20)21/h1-4,10H,5-9H2,(H3,22,23,24). The summed E-state index contributed by atoms with van der Waals surface area (Å²) in [6.07, 6.45) is -8.40. The van der Waals surface area contributed by atoms with Crippen LogP contribution in [0.4, 0.5) is 32.0 Å². The van der Waals surface area contributed by atoms with E-state index in [-0.39, 0.29) is 24.2 Å². The molecule has 26 heavy (non-hydrogen) atoms. The predicted octanol–water partition coefficient (Wildman–Crippen LogP) is 3.20. The molecule has 0 aliphatic carbocycles. The first-order valence-corrected chi connectivity index (χ1v) is 7.72. The Labute approximate surface area is 145 Å². The molecule has 0 amide bonds. The second-order valence-electron chi connectivity index (χ2n) is 5.93. The number of aliphatic imine (C=N–C) groups is 1. The lowest BCUT2D eigenvalue weighted by molar-refractivity contribution is -0.274. The van der Waals surface area contributed by atoms with Crippen LogP contribution in [0.15, 0.2) is 29.3 Å². The third kappa shape index (κ3) is 7.38. The van der Waals surface area contributed by atoms with Gasteiger partial charge in [0.1, 0.15) is 5.75 Å². The van der Waals surface area contributed by atoms with Gasteiger partial charge in [-0.25, -0.2) is 0 Å². The highest BCUT2D eigenvalue weighted by atomic mass is 19.4. The van der Waals surface area contributed by atoms with Gasteiger partial charge in [-0.3, -0.25) is 9.89 Å². The fourth-order valence-electron chi connectivity index (χ4n) is 2.61. The van der Waals surface area contributed by atoms with Gasteiger partial charge in [0, 0.05) is 18.8 Å². The van der Waals surface area contributed by atoms with Crippen molar-refractivity contribution in [3.63, 3.8) is 0 Å². The van der Waals surface area contributed by atoms with Crippen LogP contribution in [0.25, 0.3) is 0 Å². The molecule has 1 aliphatic rings. The first-order chi connectivity index (χ1) is 12.0. The average molecular weight is 384 g/mol. The molecule has 0 bridgehead atoms. The van der Waals surface area contributed by atoms with Crippen LogP contribution in [0.5, 0.6) is 5.75 Å². The van der Waals surface area contributed by atoms with Gasteiger partial charge in [0.25, 0.3) is 0 Å². The third-order valence-electron chi connectivity index (χ3n) is 3.65. The number of nitrogens with one attached hydrogen (secondary N) is 1. The summed E-state index contributed by atoms with van der Waals surface area (Å²) < 4.78 is 77.0. The number of guanidine groups is 1. The third-order valence-corrected chi connectivity index (χ3v) is 3.65. The van der Waals surface area contributed by atoms with E-state index in [0.717, 1.165) is 12.1 Å². The Balaban J connectivity index is 1.80. The second kappa shape index (κ2) is 8.02. The molecule has 3 N–H and O–H groups in total. The predicted molar refractivity (Wildman–Crippen MR) is 83.8 cm³/mol. The van der Waals surface area contributed by atoms with E-state index in [1.54, 1.807) is 0 Å². The summed E-state index contributed by atoms with van der Waals surface area (Å²) in [5.74, 6) is -0.363. The zero-order valence-corrected chi connectivity index (χ0v) is 13.6. The number of rotatable bonds is 5. The second-order valence-corrected chi connectivity index (χ2v) is 5.93. The molecule has 0 radical (unpaired) electrons. The highest BCUT2D eigenvalue weighted by Crippen LogP contribution is 2.24. The van der Waals surface area contributed by atoms with Crippen molar-refractivity contribution in [3.8, 4) is 5.75 Å². The van der Waals surface area contributed by atoms with E-state index in [9.17, 15) is 26.3 Å². The van der Waals surface area contributed by atoms with E-state index in [0.29, 0.717) is 25.2 Å². The molecule has 11 heteroatoms. The van der Waals surface area contributed by atoms with Crippen LogP contribution < -0.4 is 15.8 Å². The number of nitrogens with zero attached hydrogens (tertiary/aromatic N) is 2. The molecule has 1 unspecified atom stereocenters. The fraction of sp³-hybridized carbons (Fsp3) is 0.533. The quantitative estimate of drug-likeness (QED) is 0.465. The minimum Gasteiger partial charge on any atom is -0.406 e. The summed E-state index contributed by atoms with van der Waals surface area (Å²) in [5.41, 5.74) is 6.10. The van der Waals surface area contributed by atoms with Crippen LogP contribution in [0.2, 0.25) is 0 Å². The van der Waals surface area contributed by atoms with E-state index < -0.39 is 19.1 Å². The number of hydrogen-bond acceptors (Lipinski definition) is 3. The van der Waals surface area contributed by atoms with Crippen molar-refractivity contribution < 1.29 is 31.1 Å². The Morgan fingerprint density at radius 1 is 1.19 bits per heavy atom. The topological polar surface area (TPSA) is 62.9 Å². The normalized spacial score (nSPS) is 19.6. The number of halogens is 6. The Bertz CT molecular complexity index is 614. The lowest BCUT2D eigenvalue weighted by Gasteiger charge is -2.17. The molecule has 1 heterocycles. The maximum Gasteiger partial charge on any atom is 0.573 e. The molecule has 146 valence electrons. The van der Waals surface area contributed by atoms with Crippen LogP contribution in [-0.4, -0.2) is 49.6 Å². The fourth-order valence-corrected chi connectivity index (χ4v) is 2.61. The van der Waals surface area contributed by atoms with Crippen molar-refractivity contribution in [1.82, 2.24) is 4.90 Å². The van der Waals surface area contributed by atoms with Crippen molar-refractivity contribution >= 4 is 11.6 Å². The van der Waals surface area contributed by atoms with Crippen LogP contribution in [-0.2, 0) is 0 Å². The zero-order valence-electron chi connectivity index (χ0n) is 13.6. The van der Waals surface area contributed by atoms with Gasteiger partial charge in [-0.05, 0) is 43.1 Å². The van der Waals surface area contributed by atoms with Gasteiger partial charge in [-0.2, -0.15) is 13.2 Å². The molecular weight excluding hydrogens is 366 g/mol. The zero-order chi connectivity index (χ0) is 19.4. The molecule has 1 aromatic rings. The summed E-state index contributed by atoms with van der Waals surface area (Å²) in [5, 5.41) is 2.70. The molecule has 1 saturated heterocycles. The smallest absolute Gasteiger partial charge is 0.406 e. The highest BCUT2D eigenvalue weighted by molar-refractivity contribution is 5.92. The Morgan fingerprint density at radius 3 is 2.42 bits per heavy atom. The van der Waals surface area contributed by atoms with Gasteiger partial charge in [0.15, 0.2) is 5.96 Å². The molecule has 1 aliphatic heterocycles. The number of nitrogens with two attached hydrogens (primary N) is 1. The van der Waals surface area contributed by atoms with Crippen molar-refractivity contribution in [1.29, 1.82) is 0 Å². The van der Waals surface area contributed by atoms with Crippen LogP contribution in [0.1, 0.15) is 6.42 Å². The SMILES string of the molecule is NC(=NCC1CCN(CC(F)(F)F)C1)Nc1ccc(OC(F)(F)F)cc1. The number of alkyl halides is 6. The Morgan fingerprint density at radius 2 is 1.85 bits per heavy atom. The minimum absolute atomic E-state index is 0.0275. The molecule has 5 nitrogen and oxygen atoms in total. The van der Waals surface area contributed by atoms with Gasteiger partial charge in [-0.15, -0.1) is 13.2 Å². The molecule has 1 atom stereocenters. The summed E-state index contributed by atoms with van der Waals surface area (Å²) in [7, 11) is 0. The molecule has 1 aromatic carbocycles. The molecule has 0 spiro atoms. The first-order valence-electron chi connectivity index (χ1n) is 7.72. The van der Waals surface area contributed by atoms with E-state index >= 15 is 0 Å². The molecule has 0 saturated carbocycles. The number of likely N-dealkylation sites (tertiary alicyclic amines) is 1. The molecule has 0 aromatic heterocycles. The van der Waals surface area contributed by atoms with Crippen LogP contribution >= 0.6 is 0 Å². The summed E-state index contributed by atoms with van der Waals surface area (Å²) >= 11 is 0. The van der Waals surface area contributed by atoms with Crippen LogP contribution in [0.3, 0.4) is 0 Å². The van der Waals surface area contributed by atoms with Crippen molar-refractivity contribution in [3.05, 3.63) is 24.3 Å². The lowest BCUT2D eigenvalue weighted by Crippen LogP contribution is -2.32. The Kier molecular flexibility index (Phi) is 6.21. The maximum atomic E-state index is 12.3. The number of hydrogen-bond donors (Lipinski definition) is 2. The average Bonchev–Trinajstić information content (AvgIpc) is 2.91. The molecule has 2 rings (SSSR count). The lowest BCUT2D eigenvalue weighted by atomic mass is 10.1. The summed E-state index contributed by atoms with van der Waals surface area (Å²) in [6.45, 7) is -0.0246. The van der Waals surface area contributed by atoms with Crippen molar-refractivity contribution in [2.75, 3.05) is 31.5 Å². The summed E-state index contributed by atoms with van der Waals surface area (Å²) in [4.78, 5) is 5.40. The largest absolute Gasteiger partial charge is 0.573 e. The van der Waals surface area contributed by atoms with E-state index in [4.69, 9.17) is 5.73 Å².